The van der Waals surface area contributed by atoms with Crippen LogP contribution in [0.5, 0.6) is 0 Å². The Bertz CT molecular complexity index is 822. The largest absolute Gasteiger partial charge is 0.422 e. The van der Waals surface area contributed by atoms with Gasteiger partial charge in [-0.05, 0) is 78.1 Å². The zero-order valence-electron chi connectivity index (χ0n) is 33.6. The molecule has 0 N–H and O–H groups in total. The van der Waals surface area contributed by atoms with E-state index in [4.69, 9.17) is 21.3 Å². The van der Waals surface area contributed by atoms with Gasteiger partial charge in [0.2, 0.25) is 0 Å². The van der Waals surface area contributed by atoms with Gasteiger partial charge in [-0.25, -0.2) is 0 Å². The number of hydrogen-bond acceptors (Lipinski definition) is 4. The molecule has 0 bridgehead atoms. The first-order chi connectivity index (χ1) is 24.5. The van der Waals surface area contributed by atoms with Crippen LogP contribution in [-0.2, 0) is 0 Å². The van der Waals surface area contributed by atoms with E-state index in [1.54, 1.807) is 0 Å². The summed E-state index contributed by atoms with van der Waals surface area (Å²) in [5.74, 6) is 0. The Labute approximate surface area is 311 Å². The van der Waals surface area contributed by atoms with E-state index < -0.39 is 0 Å². The molecule has 0 atom stereocenters. The molecule has 8 nitrogen and oxygen atoms in total. The zero-order valence-corrected chi connectivity index (χ0v) is 33.6. The lowest BCUT2D eigenvalue weighted by Gasteiger charge is -2.41. The fraction of sp³-hybridized carbons (Fsp3) is 0.905. The average molecular weight is 697 g/mol. The van der Waals surface area contributed by atoms with Crippen molar-refractivity contribution in [1.82, 2.24) is 0 Å². The molecule has 8 heteroatoms. The maximum Gasteiger partial charge on any atom is 0.0925 e. The molecule has 0 aliphatic carbocycles. The highest BCUT2D eigenvalue weighted by Gasteiger charge is 2.27. The normalized spacial score (nSPS) is 15.4. The predicted octanol–water partition coefficient (Wildman–Crippen LogP) is 12.3. The van der Waals surface area contributed by atoms with E-state index >= 15 is 0 Å². The Morgan fingerprint density at radius 1 is 0.420 bits per heavy atom. The van der Waals surface area contributed by atoms with Crippen molar-refractivity contribution >= 4 is 12.0 Å². The first-order valence-electron chi connectivity index (χ1n) is 21.1. The van der Waals surface area contributed by atoms with E-state index in [1.165, 1.54) is 253 Å². The predicted molar refractivity (Wildman–Crippen MR) is 215 cm³/mol. The van der Waals surface area contributed by atoms with Crippen LogP contribution >= 0.6 is 0 Å². The van der Waals surface area contributed by atoms with Crippen LogP contribution in [0.1, 0.15) is 195 Å². The summed E-state index contributed by atoms with van der Waals surface area (Å²) in [4.78, 5) is 5.17. The molecule has 0 saturated carbocycles. The number of nitrogens with zero attached hydrogens (tertiary/aromatic N) is 8. The fourth-order valence-corrected chi connectivity index (χ4v) is 7.68. The van der Waals surface area contributed by atoms with Crippen LogP contribution in [-0.4, -0.2) is 73.3 Å². The Morgan fingerprint density at radius 3 is 0.880 bits per heavy atom. The Morgan fingerprint density at radius 2 is 0.680 bits per heavy atom. The monoisotopic (exact) mass is 697 g/mol. The van der Waals surface area contributed by atoms with Gasteiger partial charge < -0.3 is 29.8 Å². The summed E-state index contributed by atoms with van der Waals surface area (Å²) in [5, 5.41) is 29.7. The number of rotatable bonds is 24. The van der Waals surface area contributed by atoms with E-state index in [1.807, 2.05) is 0 Å². The lowest BCUT2D eigenvalue weighted by Crippen LogP contribution is -2.51. The van der Waals surface area contributed by atoms with Gasteiger partial charge in [-0.1, -0.05) is 117 Å². The number of likely N-dealkylation sites (tertiary alicyclic amines) is 2. The molecule has 2 saturated heterocycles. The second-order valence-corrected chi connectivity index (χ2v) is 14.8. The summed E-state index contributed by atoms with van der Waals surface area (Å²) in [7, 11) is 0. The Hall–Kier alpha value is -2.34. The summed E-state index contributed by atoms with van der Waals surface area (Å²) >= 11 is 0. The number of piperidine rings is 2. The van der Waals surface area contributed by atoms with Crippen LogP contribution in [0.25, 0.3) is 10.8 Å². The average Bonchev–Trinajstić information content (AvgIpc) is 3.15. The van der Waals surface area contributed by atoms with Crippen molar-refractivity contribution in [3.8, 4) is 12.4 Å². The highest BCUT2D eigenvalue weighted by atomic mass is 15.4. The van der Waals surface area contributed by atoms with Crippen LogP contribution in [0.3, 0.4) is 0 Å². The molecule has 0 aromatic heterocycles. The van der Waals surface area contributed by atoms with E-state index in [9.17, 15) is 0 Å². The molecule has 2 aliphatic heterocycles. The molecule has 0 aromatic rings. The molecule has 0 amide bonds. The van der Waals surface area contributed by atoms with Crippen LogP contribution in [0.15, 0.2) is 9.98 Å². The first-order valence-corrected chi connectivity index (χ1v) is 21.1. The van der Waals surface area contributed by atoms with Crippen molar-refractivity contribution in [1.29, 1.82) is 10.5 Å². The minimum Gasteiger partial charge on any atom is -0.422 e. The highest BCUT2D eigenvalue weighted by molar-refractivity contribution is 5.46. The van der Waals surface area contributed by atoms with Crippen molar-refractivity contribution in [3.05, 3.63) is 10.8 Å². The lowest BCUT2D eigenvalue weighted by atomic mass is 10.0. The molecule has 2 fully saturated rings. The summed E-state index contributed by atoms with van der Waals surface area (Å²) in [5.41, 5.74) is 0. The molecule has 288 valence electrons. The molecule has 2 aliphatic rings. The summed E-state index contributed by atoms with van der Waals surface area (Å²) in [6.07, 6.45) is 40.7. The second-order valence-electron chi connectivity index (χ2n) is 14.8. The van der Waals surface area contributed by atoms with Crippen LogP contribution < -0.4 is 0 Å². The third kappa shape index (κ3) is 31.6. The molecule has 2 heterocycles. The van der Waals surface area contributed by atoms with Crippen molar-refractivity contribution in [2.24, 2.45) is 9.98 Å². The van der Waals surface area contributed by atoms with E-state index in [-0.39, 0.29) is 0 Å². The third-order valence-corrected chi connectivity index (χ3v) is 11.0. The molecular formula is C42H80N8. The number of unbranched alkanes of at least 4 members (excludes halogenated alkanes) is 18. The van der Waals surface area contributed by atoms with Crippen molar-refractivity contribution in [2.45, 2.75) is 195 Å². The minimum absolute atomic E-state index is 1.28. The molecule has 0 aromatic carbocycles. The molecule has 2 rings (SSSR count). The summed E-state index contributed by atoms with van der Waals surface area (Å²) < 4.78 is 2.88. The van der Waals surface area contributed by atoms with E-state index in [0.717, 1.165) is 0 Å². The number of nitriles is 2. The van der Waals surface area contributed by atoms with Gasteiger partial charge in [0.25, 0.3) is 0 Å². The zero-order chi connectivity index (χ0) is 37.3. The summed E-state index contributed by atoms with van der Waals surface area (Å²) in [6, 6.07) is 2.56. The Balaban J connectivity index is 0. The molecule has 0 unspecified atom stereocenters. The van der Waals surface area contributed by atoms with Gasteiger partial charge in [0.15, 0.2) is 0 Å². The van der Waals surface area contributed by atoms with Gasteiger partial charge in [-0.3, -0.25) is 0 Å². The van der Waals surface area contributed by atoms with Crippen LogP contribution in [0.2, 0.25) is 0 Å². The third-order valence-electron chi connectivity index (χ3n) is 11.0. The van der Waals surface area contributed by atoms with Crippen LogP contribution in [0, 0.1) is 22.9 Å². The quantitative estimate of drug-likeness (QED) is 0.0432. The van der Waals surface area contributed by atoms with Crippen molar-refractivity contribution in [3.63, 3.8) is 0 Å². The molecule has 0 radical (unpaired) electrons. The lowest BCUT2D eigenvalue weighted by molar-refractivity contribution is -0.931. The topological polar surface area (TPSA) is 117 Å². The first kappa shape index (κ1) is 49.8. The summed E-state index contributed by atoms with van der Waals surface area (Å²) in [6.45, 7) is 20.9. The highest BCUT2D eigenvalue weighted by Crippen LogP contribution is 2.22. The number of aliphatic imine (C=N–C) groups is 2. The van der Waals surface area contributed by atoms with Gasteiger partial charge >= 0.3 is 0 Å². The fourth-order valence-electron chi connectivity index (χ4n) is 7.68. The smallest absolute Gasteiger partial charge is 0.0925 e. The van der Waals surface area contributed by atoms with Gasteiger partial charge in [0, 0.05) is 0 Å². The van der Waals surface area contributed by atoms with Crippen LogP contribution in [0.4, 0.5) is 0 Å². The minimum atomic E-state index is 1.28. The SMILES string of the molecule is CCCCCCCCCCCC[N+]1(CC)CCCCC1.CCCCCCCCCCCC[N+]1(CC)CCCCC1.N#CN=C=[N-].N#CN=C=[N-]. The molecule has 50 heavy (non-hydrogen) atoms. The van der Waals surface area contributed by atoms with E-state index in [2.05, 4.69) is 37.7 Å². The van der Waals surface area contributed by atoms with E-state index in [0.29, 0.717) is 0 Å². The van der Waals surface area contributed by atoms with Gasteiger partial charge in [0.05, 0.1) is 64.7 Å². The number of quaternary nitrogens is 2. The molecular weight excluding hydrogens is 617 g/mol. The van der Waals surface area contributed by atoms with Gasteiger partial charge in [-0.2, -0.15) is 10.5 Å². The molecule has 0 spiro atoms. The Kier molecular flexibility index (Phi) is 39.3. The maximum absolute atomic E-state index is 7.43. The van der Waals surface area contributed by atoms with Crippen molar-refractivity contribution in [2.75, 3.05) is 52.4 Å². The van der Waals surface area contributed by atoms with Gasteiger partial charge in [-0.15, -0.1) is 12.0 Å². The number of hydrogen-bond donors (Lipinski definition) is 0. The standard InChI is InChI=1S/2C19H40N.2C2N3/c2*1-3-5-6-7-8-9-10-11-12-14-17-20(4-2)18-15-13-16-19-20;2*3-1-5-2-4/h2*3-19H2,1-2H3;;/q2*+1;2*-1. The maximum atomic E-state index is 7.43. The second kappa shape index (κ2) is 39.4. The van der Waals surface area contributed by atoms with Gasteiger partial charge in [0.1, 0.15) is 0 Å². The van der Waals surface area contributed by atoms with Crippen molar-refractivity contribution < 1.29 is 8.97 Å².